The molecule has 0 spiro atoms. The zero-order chi connectivity index (χ0) is 21.9. The molecule has 31 heavy (non-hydrogen) atoms. The van der Waals surface area contributed by atoms with Crippen LogP contribution in [0.25, 0.3) is 6.08 Å². The summed E-state index contributed by atoms with van der Waals surface area (Å²) < 4.78 is 10.6. The van der Waals surface area contributed by atoms with E-state index in [2.05, 4.69) is 10.5 Å². The van der Waals surface area contributed by atoms with Gasteiger partial charge in [-0.05, 0) is 72.7 Å². The van der Waals surface area contributed by atoms with Crippen molar-refractivity contribution in [3.8, 4) is 11.5 Å². The summed E-state index contributed by atoms with van der Waals surface area (Å²) in [6.45, 7) is 2.47. The van der Waals surface area contributed by atoms with Gasteiger partial charge in [-0.1, -0.05) is 30.3 Å². The number of benzene rings is 3. The fourth-order valence-electron chi connectivity index (χ4n) is 2.60. The number of nitrogens with one attached hydrogen (secondary N) is 1. The summed E-state index contributed by atoms with van der Waals surface area (Å²) in [6.07, 6.45) is 4.57. The first-order valence-electron chi connectivity index (χ1n) is 9.75. The molecule has 0 saturated heterocycles. The van der Waals surface area contributed by atoms with E-state index in [4.69, 9.17) is 9.47 Å². The van der Waals surface area contributed by atoms with E-state index in [0.717, 1.165) is 11.1 Å². The van der Waals surface area contributed by atoms with Gasteiger partial charge in [-0.3, -0.25) is 4.79 Å². The number of carbonyl (C=O) groups is 2. The zero-order valence-electron chi connectivity index (χ0n) is 17.0. The summed E-state index contributed by atoms with van der Waals surface area (Å²) in [7, 11) is 0. The fraction of sp³-hybridized carbons (Fsp3) is 0.0800. The molecule has 6 nitrogen and oxygen atoms in total. The first-order chi connectivity index (χ1) is 15.1. The van der Waals surface area contributed by atoms with E-state index < -0.39 is 5.97 Å². The van der Waals surface area contributed by atoms with Gasteiger partial charge in [-0.25, -0.2) is 10.2 Å². The minimum atomic E-state index is -0.465. The van der Waals surface area contributed by atoms with Crippen LogP contribution in [0.15, 0.2) is 90.0 Å². The molecule has 0 aliphatic rings. The van der Waals surface area contributed by atoms with E-state index >= 15 is 0 Å². The summed E-state index contributed by atoms with van der Waals surface area (Å²) in [5.41, 5.74) is 4.61. The van der Waals surface area contributed by atoms with Crippen molar-refractivity contribution >= 4 is 24.2 Å². The highest BCUT2D eigenvalue weighted by Crippen LogP contribution is 2.13. The van der Waals surface area contributed by atoms with Crippen molar-refractivity contribution in [3.05, 3.63) is 102 Å². The molecule has 0 atom stereocenters. The predicted octanol–water partition coefficient (Wildman–Crippen LogP) is 4.47. The number of hydrogen-bond donors (Lipinski definition) is 1. The standard InChI is InChI=1S/C25H22N2O4/c1-2-30-22-15-11-21(12-16-22)25(29)27-26-18-20-8-13-23(14-9-20)31-24(28)17-10-19-6-4-3-5-7-19/h3-18H,2H2,1H3,(H,27,29)/b17-10+,26-18+. The van der Waals surface area contributed by atoms with Crippen LogP contribution >= 0.6 is 0 Å². The minimum Gasteiger partial charge on any atom is -0.494 e. The zero-order valence-corrected chi connectivity index (χ0v) is 17.0. The Morgan fingerprint density at radius 2 is 1.55 bits per heavy atom. The van der Waals surface area contributed by atoms with Crippen LogP contribution in [0, 0.1) is 0 Å². The van der Waals surface area contributed by atoms with Crippen LogP contribution in [0.4, 0.5) is 0 Å². The number of rotatable bonds is 8. The van der Waals surface area contributed by atoms with Crippen molar-refractivity contribution < 1.29 is 19.1 Å². The van der Waals surface area contributed by atoms with Crippen LogP contribution in [-0.4, -0.2) is 24.7 Å². The van der Waals surface area contributed by atoms with Gasteiger partial charge in [0.15, 0.2) is 0 Å². The van der Waals surface area contributed by atoms with Crippen molar-refractivity contribution in [2.24, 2.45) is 5.10 Å². The lowest BCUT2D eigenvalue weighted by molar-refractivity contribution is -0.128. The number of esters is 1. The van der Waals surface area contributed by atoms with Crippen LogP contribution in [0.1, 0.15) is 28.4 Å². The minimum absolute atomic E-state index is 0.324. The van der Waals surface area contributed by atoms with Gasteiger partial charge >= 0.3 is 5.97 Å². The topological polar surface area (TPSA) is 77.0 Å². The van der Waals surface area contributed by atoms with Crippen LogP contribution in [0.3, 0.4) is 0 Å². The summed E-state index contributed by atoms with van der Waals surface area (Å²) >= 11 is 0. The Hall–Kier alpha value is -4.19. The molecule has 3 aromatic carbocycles. The number of carbonyl (C=O) groups excluding carboxylic acids is 2. The average Bonchev–Trinajstić information content (AvgIpc) is 2.80. The van der Waals surface area contributed by atoms with Crippen LogP contribution in [0.5, 0.6) is 11.5 Å². The van der Waals surface area contributed by atoms with E-state index in [1.54, 1.807) is 54.6 Å². The van der Waals surface area contributed by atoms with Gasteiger partial charge in [0, 0.05) is 11.6 Å². The van der Waals surface area contributed by atoms with Gasteiger partial charge < -0.3 is 9.47 Å². The summed E-state index contributed by atoms with van der Waals surface area (Å²) in [5.74, 6) is 0.333. The molecule has 1 N–H and O–H groups in total. The highest BCUT2D eigenvalue weighted by Gasteiger charge is 2.04. The Labute approximate surface area is 180 Å². The molecule has 0 bridgehead atoms. The first-order valence-corrected chi connectivity index (χ1v) is 9.75. The summed E-state index contributed by atoms with van der Waals surface area (Å²) in [5, 5.41) is 3.96. The Kier molecular flexibility index (Phi) is 7.71. The normalized spacial score (nSPS) is 10.9. The van der Waals surface area contributed by atoms with E-state index in [1.807, 2.05) is 37.3 Å². The number of ether oxygens (including phenoxy) is 2. The second-order valence-electron chi connectivity index (χ2n) is 6.39. The third kappa shape index (κ3) is 6.97. The lowest BCUT2D eigenvalue weighted by atomic mass is 10.2. The molecule has 0 aromatic heterocycles. The highest BCUT2D eigenvalue weighted by atomic mass is 16.5. The molecule has 0 saturated carbocycles. The lowest BCUT2D eigenvalue weighted by Crippen LogP contribution is -2.17. The molecule has 6 heteroatoms. The van der Waals surface area contributed by atoms with Crippen molar-refractivity contribution in [2.45, 2.75) is 6.92 Å². The molecule has 3 aromatic rings. The van der Waals surface area contributed by atoms with Gasteiger partial charge in [0.05, 0.1) is 12.8 Å². The average molecular weight is 414 g/mol. The maximum atomic E-state index is 12.1. The molecule has 0 aliphatic heterocycles. The number of hydrazone groups is 1. The Bertz CT molecular complexity index is 1060. The predicted molar refractivity (Wildman–Crippen MR) is 120 cm³/mol. The molecule has 0 aliphatic carbocycles. The third-order valence-corrected chi connectivity index (χ3v) is 4.12. The van der Waals surface area contributed by atoms with Crippen LogP contribution in [-0.2, 0) is 4.79 Å². The monoisotopic (exact) mass is 414 g/mol. The maximum Gasteiger partial charge on any atom is 0.336 e. The van der Waals surface area contributed by atoms with E-state index in [-0.39, 0.29) is 5.91 Å². The highest BCUT2D eigenvalue weighted by molar-refractivity contribution is 5.95. The second-order valence-corrected chi connectivity index (χ2v) is 6.39. The molecular formula is C25H22N2O4. The second kappa shape index (κ2) is 11.1. The van der Waals surface area contributed by atoms with Gasteiger partial charge in [0.1, 0.15) is 11.5 Å². The molecular weight excluding hydrogens is 392 g/mol. The van der Waals surface area contributed by atoms with Gasteiger partial charge in [0.25, 0.3) is 5.91 Å². The maximum absolute atomic E-state index is 12.1. The van der Waals surface area contributed by atoms with Crippen molar-refractivity contribution in [3.63, 3.8) is 0 Å². The van der Waals surface area contributed by atoms with E-state index in [0.29, 0.717) is 23.7 Å². The Balaban J connectivity index is 1.49. The van der Waals surface area contributed by atoms with E-state index in [9.17, 15) is 9.59 Å². The van der Waals surface area contributed by atoms with Gasteiger partial charge in [-0.2, -0.15) is 5.10 Å². The number of hydrogen-bond acceptors (Lipinski definition) is 5. The fourth-order valence-corrected chi connectivity index (χ4v) is 2.60. The van der Waals surface area contributed by atoms with Crippen LogP contribution < -0.4 is 14.9 Å². The van der Waals surface area contributed by atoms with Crippen molar-refractivity contribution in [2.75, 3.05) is 6.61 Å². The van der Waals surface area contributed by atoms with Crippen LogP contribution in [0.2, 0.25) is 0 Å². The molecule has 0 radical (unpaired) electrons. The third-order valence-electron chi connectivity index (χ3n) is 4.12. The first kappa shape index (κ1) is 21.5. The largest absolute Gasteiger partial charge is 0.494 e. The Morgan fingerprint density at radius 1 is 0.871 bits per heavy atom. The smallest absolute Gasteiger partial charge is 0.336 e. The molecule has 0 unspecified atom stereocenters. The van der Waals surface area contributed by atoms with Crippen molar-refractivity contribution in [1.82, 2.24) is 5.43 Å². The Morgan fingerprint density at radius 3 is 2.23 bits per heavy atom. The van der Waals surface area contributed by atoms with Crippen molar-refractivity contribution in [1.29, 1.82) is 0 Å². The molecule has 156 valence electrons. The molecule has 3 rings (SSSR count). The number of nitrogens with zero attached hydrogens (tertiary/aromatic N) is 1. The summed E-state index contributed by atoms with van der Waals surface area (Å²) in [6, 6.07) is 23.1. The van der Waals surface area contributed by atoms with Gasteiger partial charge in [0.2, 0.25) is 0 Å². The molecule has 0 heterocycles. The molecule has 0 fully saturated rings. The lowest BCUT2D eigenvalue weighted by Gasteiger charge is -2.04. The summed E-state index contributed by atoms with van der Waals surface area (Å²) in [4.78, 5) is 24.0. The molecule has 1 amide bonds. The van der Waals surface area contributed by atoms with E-state index in [1.165, 1.54) is 12.3 Å². The quantitative estimate of drug-likeness (QED) is 0.194. The number of amides is 1. The SMILES string of the molecule is CCOc1ccc(C(=O)N/N=C/c2ccc(OC(=O)/C=C/c3ccccc3)cc2)cc1. The van der Waals surface area contributed by atoms with Gasteiger partial charge in [-0.15, -0.1) is 0 Å².